The van der Waals surface area contributed by atoms with Crippen molar-refractivity contribution in [1.29, 1.82) is 0 Å². The quantitative estimate of drug-likeness (QED) is 0.217. The Kier molecular flexibility index (Phi) is 8.30. The molecule has 4 aromatic rings. The molecule has 1 unspecified atom stereocenters. The van der Waals surface area contributed by atoms with Crippen LogP contribution in [0, 0.1) is 0 Å². The van der Waals surface area contributed by atoms with Gasteiger partial charge in [0.05, 0.1) is 12.3 Å². The van der Waals surface area contributed by atoms with E-state index in [0.29, 0.717) is 30.5 Å². The molecule has 0 saturated carbocycles. The molecule has 0 aliphatic carbocycles. The van der Waals surface area contributed by atoms with Crippen molar-refractivity contribution in [3.63, 3.8) is 0 Å². The fraction of sp³-hybridized carbons (Fsp3) is 0.214. The van der Waals surface area contributed by atoms with E-state index in [1.165, 1.54) is 6.33 Å². The van der Waals surface area contributed by atoms with Crippen LogP contribution in [-0.4, -0.2) is 22.7 Å². The van der Waals surface area contributed by atoms with E-state index in [0.717, 1.165) is 34.7 Å². The van der Waals surface area contributed by atoms with Crippen LogP contribution in [0.3, 0.4) is 0 Å². The number of rotatable bonds is 11. The second-order valence-electron chi connectivity index (χ2n) is 8.14. The number of hydrogen-bond donors (Lipinski definition) is 1. The molecule has 0 radical (unpaired) electrons. The number of ether oxygens (including phenoxy) is 1. The Balaban J connectivity index is 1.54. The van der Waals surface area contributed by atoms with Gasteiger partial charge in [0.1, 0.15) is 23.6 Å². The van der Waals surface area contributed by atoms with Crippen LogP contribution in [0.5, 0.6) is 11.5 Å². The van der Waals surface area contributed by atoms with Crippen LogP contribution >= 0.6 is 7.37 Å². The van der Waals surface area contributed by atoms with Crippen molar-refractivity contribution in [2.75, 3.05) is 18.1 Å². The molecule has 7 heteroatoms. The number of nitrogens with one attached hydrogen (secondary N) is 1. The number of nitrogens with zero attached hydrogens (tertiary/aromatic N) is 2. The molecule has 0 amide bonds. The summed E-state index contributed by atoms with van der Waals surface area (Å²) < 4.78 is 24.9. The molecule has 0 bridgehead atoms. The summed E-state index contributed by atoms with van der Waals surface area (Å²) in [6.45, 7) is 4.36. The molecule has 0 aliphatic rings. The van der Waals surface area contributed by atoms with Crippen LogP contribution < -0.4 is 10.1 Å². The predicted molar refractivity (Wildman–Crippen MR) is 142 cm³/mol. The monoisotopic (exact) mass is 487 g/mol. The maximum atomic E-state index is 13.1. The maximum Gasteiger partial charge on any atom is 0.207 e. The first-order valence-corrected chi connectivity index (χ1v) is 13.8. The minimum atomic E-state index is -2.69. The lowest BCUT2D eigenvalue weighted by Crippen LogP contribution is -2.00. The van der Waals surface area contributed by atoms with Gasteiger partial charge in [-0.3, -0.25) is 4.57 Å². The van der Waals surface area contributed by atoms with Crippen LogP contribution in [0.4, 0.5) is 11.5 Å². The van der Waals surface area contributed by atoms with Crippen molar-refractivity contribution in [2.45, 2.75) is 26.4 Å². The van der Waals surface area contributed by atoms with E-state index in [-0.39, 0.29) is 0 Å². The molecule has 6 nitrogen and oxygen atoms in total. The SMILES string of the molecule is CCCP(=O)(Cc1cccc(Nc2cc(-c3ccccc3Oc3ccccc3)ncn2)c1)OCC. The second-order valence-corrected chi connectivity index (χ2v) is 10.8. The van der Waals surface area contributed by atoms with E-state index < -0.39 is 7.37 Å². The smallest absolute Gasteiger partial charge is 0.207 e. The summed E-state index contributed by atoms with van der Waals surface area (Å²) in [7, 11) is -2.69. The van der Waals surface area contributed by atoms with Crippen molar-refractivity contribution >= 4 is 18.9 Å². The molecule has 1 N–H and O–H groups in total. The Labute approximate surface area is 206 Å². The van der Waals surface area contributed by atoms with E-state index in [2.05, 4.69) is 15.3 Å². The number of aromatic nitrogens is 2. The summed E-state index contributed by atoms with van der Waals surface area (Å²) in [5, 5.41) is 3.35. The molecule has 1 aromatic heterocycles. The average Bonchev–Trinajstić information content (AvgIpc) is 2.86. The van der Waals surface area contributed by atoms with Crippen molar-refractivity contribution in [3.05, 3.63) is 96.8 Å². The van der Waals surface area contributed by atoms with Crippen molar-refractivity contribution < 1.29 is 13.8 Å². The summed E-state index contributed by atoms with van der Waals surface area (Å²) in [5.41, 5.74) is 3.44. The fourth-order valence-corrected chi connectivity index (χ4v) is 6.18. The van der Waals surface area contributed by atoms with Gasteiger partial charge in [0.25, 0.3) is 0 Å². The van der Waals surface area contributed by atoms with E-state index in [1.807, 2.05) is 98.8 Å². The minimum absolute atomic E-state index is 0.420. The van der Waals surface area contributed by atoms with Gasteiger partial charge in [0.15, 0.2) is 0 Å². The van der Waals surface area contributed by atoms with Gasteiger partial charge in [0.2, 0.25) is 7.37 Å². The van der Waals surface area contributed by atoms with Gasteiger partial charge >= 0.3 is 0 Å². The van der Waals surface area contributed by atoms with Crippen LogP contribution in [0.25, 0.3) is 11.3 Å². The minimum Gasteiger partial charge on any atom is -0.457 e. The highest BCUT2D eigenvalue weighted by molar-refractivity contribution is 7.58. The number of benzene rings is 3. The molecular weight excluding hydrogens is 457 g/mol. The standard InChI is InChI=1S/C28H30N3O3P/c1-3-17-35(32,33-4-2)20-22-11-10-12-23(18-22)31-28-19-26(29-21-30-28)25-15-8-9-16-27(25)34-24-13-6-5-7-14-24/h5-16,18-19,21H,3-4,17,20H2,1-2H3,(H,29,30,31). The largest absolute Gasteiger partial charge is 0.457 e. The van der Waals surface area contributed by atoms with Gasteiger partial charge in [-0.25, -0.2) is 9.97 Å². The van der Waals surface area contributed by atoms with Gasteiger partial charge in [-0.2, -0.15) is 0 Å². The molecular formula is C28H30N3O3P. The zero-order valence-corrected chi connectivity index (χ0v) is 20.9. The molecule has 4 rings (SSSR count). The Hall–Kier alpha value is -3.47. The van der Waals surface area contributed by atoms with Crippen LogP contribution in [0.2, 0.25) is 0 Å². The first kappa shape index (κ1) is 24.6. The normalized spacial score (nSPS) is 12.6. The molecule has 3 aromatic carbocycles. The van der Waals surface area contributed by atoms with Gasteiger partial charge in [0, 0.05) is 29.6 Å². The highest BCUT2D eigenvalue weighted by Crippen LogP contribution is 2.50. The Morgan fingerprint density at radius 3 is 2.49 bits per heavy atom. The van der Waals surface area contributed by atoms with E-state index in [4.69, 9.17) is 9.26 Å². The van der Waals surface area contributed by atoms with E-state index in [1.54, 1.807) is 0 Å². The first-order valence-electron chi connectivity index (χ1n) is 11.8. The Morgan fingerprint density at radius 2 is 1.69 bits per heavy atom. The summed E-state index contributed by atoms with van der Waals surface area (Å²) in [6.07, 6.45) is 3.36. The fourth-order valence-electron chi connectivity index (χ4n) is 3.89. The second kappa shape index (κ2) is 11.8. The number of para-hydroxylation sites is 2. The summed E-state index contributed by atoms with van der Waals surface area (Å²) in [4.78, 5) is 8.87. The molecule has 0 saturated heterocycles. The van der Waals surface area contributed by atoms with Crippen LogP contribution in [0.15, 0.2) is 91.3 Å². The lowest BCUT2D eigenvalue weighted by atomic mass is 10.1. The molecule has 0 aliphatic heterocycles. The highest BCUT2D eigenvalue weighted by Gasteiger charge is 2.22. The third-order valence-corrected chi connectivity index (χ3v) is 8.06. The van der Waals surface area contributed by atoms with E-state index in [9.17, 15) is 4.57 Å². The molecule has 0 spiro atoms. The highest BCUT2D eigenvalue weighted by atomic mass is 31.2. The van der Waals surface area contributed by atoms with Gasteiger partial charge in [-0.1, -0.05) is 49.4 Å². The summed E-state index contributed by atoms with van der Waals surface area (Å²) in [5.74, 6) is 2.13. The maximum absolute atomic E-state index is 13.1. The van der Waals surface area contributed by atoms with Crippen molar-refractivity contribution in [3.8, 4) is 22.8 Å². The number of hydrogen-bond acceptors (Lipinski definition) is 6. The zero-order valence-electron chi connectivity index (χ0n) is 20.1. The molecule has 0 fully saturated rings. The average molecular weight is 488 g/mol. The third-order valence-electron chi connectivity index (χ3n) is 5.35. The number of anilines is 2. The molecule has 1 atom stereocenters. The zero-order chi connectivity index (χ0) is 24.5. The van der Waals surface area contributed by atoms with Crippen LogP contribution in [-0.2, 0) is 15.3 Å². The summed E-state index contributed by atoms with van der Waals surface area (Å²) >= 11 is 0. The van der Waals surface area contributed by atoms with Crippen molar-refractivity contribution in [1.82, 2.24) is 9.97 Å². The third kappa shape index (κ3) is 6.78. The molecule has 180 valence electrons. The molecule has 1 heterocycles. The molecule has 35 heavy (non-hydrogen) atoms. The Bertz CT molecular complexity index is 1290. The van der Waals surface area contributed by atoms with Crippen molar-refractivity contribution in [2.24, 2.45) is 0 Å². The Morgan fingerprint density at radius 1 is 0.886 bits per heavy atom. The van der Waals surface area contributed by atoms with Gasteiger partial charge in [-0.15, -0.1) is 0 Å². The lowest BCUT2D eigenvalue weighted by Gasteiger charge is -2.18. The first-order chi connectivity index (χ1) is 17.1. The summed E-state index contributed by atoms with van der Waals surface area (Å²) in [6, 6.07) is 27.2. The van der Waals surface area contributed by atoms with Gasteiger partial charge in [-0.05, 0) is 55.3 Å². The lowest BCUT2D eigenvalue weighted by molar-refractivity contribution is 0.332. The predicted octanol–water partition coefficient (Wildman–Crippen LogP) is 7.90. The topological polar surface area (TPSA) is 73.3 Å². The van der Waals surface area contributed by atoms with Gasteiger partial charge < -0.3 is 14.6 Å². The van der Waals surface area contributed by atoms with Crippen LogP contribution in [0.1, 0.15) is 25.8 Å². The van der Waals surface area contributed by atoms with E-state index >= 15 is 0 Å².